The molecule has 2 heterocycles. The normalized spacial score (nSPS) is 11.2. The molecule has 0 atom stereocenters. The van der Waals surface area contributed by atoms with Crippen LogP contribution in [0, 0.1) is 19.8 Å². The first-order valence-electron chi connectivity index (χ1n) is 6.76. The first-order chi connectivity index (χ1) is 9.06. The van der Waals surface area contributed by atoms with Crippen LogP contribution in [0.5, 0.6) is 0 Å². The molecule has 1 N–H and O–H groups in total. The van der Waals surface area contributed by atoms with Crippen LogP contribution in [0.2, 0.25) is 0 Å². The van der Waals surface area contributed by atoms with Crippen LogP contribution in [-0.2, 0) is 6.54 Å². The number of pyridine rings is 1. The van der Waals surface area contributed by atoms with E-state index >= 15 is 0 Å². The van der Waals surface area contributed by atoms with Crippen molar-refractivity contribution in [2.45, 2.75) is 34.2 Å². The third kappa shape index (κ3) is 3.64. The van der Waals surface area contributed by atoms with Crippen LogP contribution in [-0.4, -0.2) is 21.3 Å². The molecule has 0 fully saturated rings. The molecule has 0 spiro atoms. The van der Waals surface area contributed by atoms with Gasteiger partial charge < -0.3 is 5.32 Å². The van der Waals surface area contributed by atoms with Crippen molar-refractivity contribution in [2.75, 3.05) is 6.54 Å². The number of nitrogens with zero attached hydrogens (tertiary/aromatic N) is 3. The molecular formula is C15H22N4. The third-order valence-electron chi connectivity index (χ3n) is 3.01. The Kier molecular flexibility index (Phi) is 4.32. The van der Waals surface area contributed by atoms with Crippen molar-refractivity contribution >= 4 is 0 Å². The zero-order valence-corrected chi connectivity index (χ0v) is 12.1. The lowest BCUT2D eigenvalue weighted by Gasteiger charge is -2.10. The molecule has 0 amide bonds. The molecule has 2 aromatic rings. The minimum Gasteiger partial charge on any atom is -0.312 e. The summed E-state index contributed by atoms with van der Waals surface area (Å²) in [5.41, 5.74) is 3.30. The Hall–Kier alpha value is -1.68. The van der Waals surface area contributed by atoms with Crippen LogP contribution < -0.4 is 5.32 Å². The predicted molar refractivity (Wildman–Crippen MR) is 77.4 cm³/mol. The standard InChI is InChI=1S/C15H22N4/c1-11(2)9-16-10-14-5-6-15(17-13(14)4)19-8-7-12(3)18-19/h5-8,11,16H,9-10H2,1-4H3. The highest BCUT2D eigenvalue weighted by Crippen LogP contribution is 2.10. The van der Waals surface area contributed by atoms with Crippen molar-refractivity contribution in [3.8, 4) is 5.82 Å². The van der Waals surface area contributed by atoms with E-state index in [0.29, 0.717) is 5.92 Å². The molecule has 4 heteroatoms. The van der Waals surface area contributed by atoms with Crippen LogP contribution in [0.15, 0.2) is 24.4 Å². The van der Waals surface area contributed by atoms with E-state index in [0.717, 1.165) is 30.3 Å². The van der Waals surface area contributed by atoms with Crippen molar-refractivity contribution in [2.24, 2.45) is 5.92 Å². The van der Waals surface area contributed by atoms with Crippen molar-refractivity contribution in [3.63, 3.8) is 0 Å². The Morgan fingerprint density at radius 3 is 2.58 bits per heavy atom. The Balaban J connectivity index is 2.09. The average Bonchev–Trinajstić information content (AvgIpc) is 2.77. The van der Waals surface area contributed by atoms with Gasteiger partial charge in [0.2, 0.25) is 0 Å². The van der Waals surface area contributed by atoms with Crippen molar-refractivity contribution in [3.05, 3.63) is 41.3 Å². The summed E-state index contributed by atoms with van der Waals surface area (Å²) in [6.07, 6.45) is 1.94. The highest BCUT2D eigenvalue weighted by Gasteiger charge is 2.04. The van der Waals surface area contributed by atoms with E-state index in [4.69, 9.17) is 0 Å². The molecule has 0 saturated carbocycles. The topological polar surface area (TPSA) is 42.7 Å². The number of hydrogen-bond donors (Lipinski definition) is 1. The maximum Gasteiger partial charge on any atom is 0.153 e. The van der Waals surface area contributed by atoms with Gasteiger partial charge in [0.15, 0.2) is 5.82 Å². The van der Waals surface area contributed by atoms with Gasteiger partial charge in [-0.05, 0) is 44.0 Å². The number of aromatic nitrogens is 3. The Morgan fingerprint density at radius 2 is 2.00 bits per heavy atom. The fourth-order valence-corrected chi connectivity index (χ4v) is 1.93. The van der Waals surface area contributed by atoms with Gasteiger partial charge in [0.25, 0.3) is 0 Å². The molecular weight excluding hydrogens is 236 g/mol. The summed E-state index contributed by atoms with van der Waals surface area (Å²) >= 11 is 0. The molecule has 0 radical (unpaired) electrons. The Labute approximate surface area is 114 Å². The largest absolute Gasteiger partial charge is 0.312 e. The van der Waals surface area contributed by atoms with Crippen molar-refractivity contribution in [1.29, 1.82) is 0 Å². The summed E-state index contributed by atoms with van der Waals surface area (Å²) in [7, 11) is 0. The van der Waals surface area contributed by atoms with Gasteiger partial charge >= 0.3 is 0 Å². The first-order valence-corrected chi connectivity index (χ1v) is 6.76. The lowest BCUT2D eigenvalue weighted by molar-refractivity contribution is 0.550. The second kappa shape index (κ2) is 5.97. The van der Waals surface area contributed by atoms with Crippen LogP contribution >= 0.6 is 0 Å². The zero-order valence-electron chi connectivity index (χ0n) is 12.1. The third-order valence-corrected chi connectivity index (χ3v) is 3.01. The van der Waals surface area contributed by atoms with E-state index in [9.17, 15) is 0 Å². The van der Waals surface area contributed by atoms with Crippen molar-refractivity contribution < 1.29 is 0 Å². The monoisotopic (exact) mass is 258 g/mol. The molecule has 0 aliphatic rings. The second-order valence-corrected chi connectivity index (χ2v) is 5.34. The van der Waals surface area contributed by atoms with E-state index in [1.54, 1.807) is 0 Å². The number of hydrogen-bond acceptors (Lipinski definition) is 3. The molecule has 19 heavy (non-hydrogen) atoms. The van der Waals surface area contributed by atoms with Crippen LogP contribution in [0.25, 0.3) is 5.82 Å². The van der Waals surface area contributed by atoms with Gasteiger partial charge in [-0.25, -0.2) is 9.67 Å². The van der Waals surface area contributed by atoms with E-state index in [1.165, 1.54) is 5.56 Å². The van der Waals surface area contributed by atoms with Gasteiger partial charge in [-0.15, -0.1) is 0 Å². The Bertz CT molecular complexity index is 543. The quantitative estimate of drug-likeness (QED) is 0.896. The SMILES string of the molecule is Cc1ccn(-c2ccc(CNCC(C)C)c(C)n2)n1. The number of nitrogens with one attached hydrogen (secondary N) is 1. The Morgan fingerprint density at radius 1 is 1.21 bits per heavy atom. The summed E-state index contributed by atoms with van der Waals surface area (Å²) in [5, 5.41) is 7.82. The van der Waals surface area contributed by atoms with Gasteiger partial charge in [0.05, 0.1) is 5.69 Å². The van der Waals surface area contributed by atoms with E-state index in [1.807, 2.05) is 36.9 Å². The predicted octanol–water partition coefficient (Wildman–Crippen LogP) is 2.63. The number of aryl methyl sites for hydroxylation is 2. The van der Waals surface area contributed by atoms with Gasteiger partial charge in [-0.1, -0.05) is 19.9 Å². The lowest BCUT2D eigenvalue weighted by Crippen LogP contribution is -2.19. The molecule has 0 aliphatic carbocycles. The van der Waals surface area contributed by atoms with Gasteiger partial charge in [-0.3, -0.25) is 0 Å². The van der Waals surface area contributed by atoms with Crippen LogP contribution in [0.3, 0.4) is 0 Å². The molecule has 0 unspecified atom stereocenters. The van der Waals surface area contributed by atoms with Gasteiger partial charge in [-0.2, -0.15) is 5.10 Å². The summed E-state index contributed by atoms with van der Waals surface area (Å²) in [5.74, 6) is 1.54. The summed E-state index contributed by atoms with van der Waals surface area (Å²) in [6.45, 7) is 10.3. The maximum atomic E-state index is 4.61. The second-order valence-electron chi connectivity index (χ2n) is 5.34. The first kappa shape index (κ1) is 13.7. The summed E-state index contributed by atoms with van der Waals surface area (Å²) in [6, 6.07) is 6.13. The molecule has 102 valence electrons. The zero-order chi connectivity index (χ0) is 13.8. The maximum absolute atomic E-state index is 4.61. The molecule has 4 nitrogen and oxygen atoms in total. The smallest absolute Gasteiger partial charge is 0.153 e. The van der Waals surface area contributed by atoms with E-state index in [2.05, 4.69) is 35.3 Å². The minimum atomic E-state index is 0.666. The molecule has 0 saturated heterocycles. The summed E-state index contributed by atoms with van der Waals surface area (Å²) in [4.78, 5) is 4.61. The molecule has 2 aromatic heterocycles. The van der Waals surface area contributed by atoms with E-state index < -0.39 is 0 Å². The van der Waals surface area contributed by atoms with Crippen LogP contribution in [0.1, 0.15) is 30.8 Å². The average molecular weight is 258 g/mol. The highest BCUT2D eigenvalue weighted by molar-refractivity contribution is 5.29. The molecule has 0 aliphatic heterocycles. The number of rotatable bonds is 5. The minimum absolute atomic E-state index is 0.666. The van der Waals surface area contributed by atoms with Gasteiger partial charge in [0.1, 0.15) is 0 Å². The van der Waals surface area contributed by atoms with Crippen molar-refractivity contribution in [1.82, 2.24) is 20.1 Å². The fraction of sp³-hybridized carbons (Fsp3) is 0.467. The van der Waals surface area contributed by atoms with Gasteiger partial charge in [0, 0.05) is 18.4 Å². The highest BCUT2D eigenvalue weighted by atomic mass is 15.3. The molecule has 0 aromatic carbocycles. The van der Waals surface area contributed by atoms with E-state index in [-0.39, 0.29) is 0 Å². The lowest BCUT2D eigenvalue weighted by atomic mass is 10.2. The molecule has 0 bridgehead atoms. The van der Waals surface area contributed by atoms with Crippen LogP contribution in [0.4, 0.5) is 0 Å². The summed E-state index contributed by atoms with van der Waals surface area (Å²) < 4.78 is 1.81. The fourth-order valence-electron chi connectivity index (χ4n) is 1.93. The molecule has 2 rings (SSSR count).